The van der Waals surface area contributed by atoms with Gasteiger partial charge in [-0.1, -0.05) is 0 Å². The molecule has 0 unspecified atom stereocenters. The molecule has 3 rings (SSSR count). The summed E-state index contributed by atoms with van der Waals surface area (Å²) in [6.45, 7) is 2.56. The van der Waals surface area contributed by atoms with E-state index in [1.54, 1.807) is 12.1 Å². The lowest BCUT2D eigenvalue weighted by Crippen LogP contribution is -1.98. The summed E-state index contributed by atoms with van der Waals surface area (Å²) in [4.78, 5) is 15.0. The highest BCUT2D eigenvalue weighted by Gasteiger charge is 2.10. The summed E-state index contributed by atoms with van der Waals surface area (Å²) in [6, 6.07) is 7.25. The Balaban J connectivity index is 1.90. The third kappa shape index (κ3) is 2.33. The van der Waals surface area contributed by atoms with Crippen molar-refractivity contribution in [1.82, 2.24) is 19.9 Å². The molecule has 2 heterocycles. The normalized spacial score (nSPS) is 10.7. The van der Waals surface area contributed by atoms with Crippen LogP contribution in [0.15, 0.2) is 30.6 Å². The SMILES string of the molecule is CCOc1ccc(Oc2nc(N)nc3nc[nH]c23)cc1. The predicted octanol–water partition coefficient (Wildman–Crippen LogP) is 2.13. The van der Waals surface area contributed by atoms with E-state index in [-0.39, 0.29) is 5.95 Å². The zero-order valence-corrected chi connectivity index (χ0v) is 10.8. The fraction of sp³-hybridized carbons (Fsp3) is 0.154. The van der Waals surface area contributed by atoms with Crippen molar-refractivity contribution in [3.63, 3.8) is 0 Å². The molecule has 0 fully saturated rings. The number of fused-ring (bicyclic) bond motifs is 1. The fourth-order valence-electron chi connectivity index (χ4n) is 1.78. The first-order chi connectivity index (χ1) is 9.76. The summed E-state index contributed by atoms with van der Waals surface area (Å²) in [7, 11) is 0. The van der Waals surface area contributed by atoms with E-state index in [1.807, 2.05) is 19.1 Å². The first-order valence-corrected chi connectivity index (χ1v) is 6.13. The second kappa shape index (κ2) is 5.04. The predicted molar refractivity (Wildman–Crippen MR) is 73.8 cm³/mol. The van der Waals surface area contributed by atoms with Crippen molar-refractivity contribution >= 4 is 17.1 Å². The summed E-state index contributed by atoms with van der Waals surface area (Å²) >= 11 is 0. The van der Waals surface area contributed by atoms with Gasteiger partial charge in [0, 0.05) is 0 Å². The number of benzene rings is 1. The van der Waals surface area contributed by atoms with E-state index in [4.69, 9.17) is 15.2 Å². The molecule has 3 N–H and O–H groups in total. The Morgan fingerprint density at radius 3 is 2.65 bits per heavy atom. The van der Waals surface area contributed by atoms with Gasteiger partial charge >= 0.3 is 0 Å². The van der Waals surface area contributed by atoms with Crippen LogP contribution < -0.4 is 15.2 Å². The zero-order chi connectivity index (χ0) is 13.9. The number of aromatic nitrogens is 4. The standard InChI is InChI=1S/C13H13N5O2/c1-2-19-8-3-5-9(6-4-8)20-12-10-11(16-7-15-10)17-13(14)18-12/h3-7H,2H2,1H3,(H3,14,15,16,17,18). The number of aromatic amines is 1. The van der Waals surface area contributed by atoms with Gasteiger partial charge in [-0.3, -0.25) is 0 Å². The maximum atomic E-state index is 5.71. The van der Waals surface area contributed by atoms with Crippen LogP contribution in [0.4, 0.5) is 5.95 Å². The molecule has 0 aliphatic heterocycles. The topological polar surface area (TPSA) is 98.9 Å². The van der Waals surface area contributed by atoms with Crippen LogP contribution in [0.2, 0.25) is 0 Å². The molecule has 0 saturated carbocycles. The maximum absolute atomic E-state index is 5.71. The lowest BCUT2D eigenvalue weighted by molar-refractivity contribution is 0.339. The summed E-state index contributed by atoms with van der Waals surface area (Å²) in [5.41, 5.74) is 6.70. The second-order valence-electron chi connectivity index (χ2n) is 3.99. The Labute approximate surface area is 114 Å². The van der Waals surface area contributed by atoms with E-state index < -0.39 is 0 Å². The van der Waals surface area contributed by atoms with Crippen molar-refractivity contribution < 1.29 is 9.47 Å². The van der Waals surface area contributed by atoms with Gasteiger partial charge < -0.3 is 20.2 Å². The molecule has 0 aliphatic carbocycles. The van der Waals surface area contributed by atoms with Crippen molar-refractivity contribution in [2.75, 3.05) is 12.3 Å². The monoisotopic (exact) mass is 271 g/mol. The van der Waals surface area contributed by atoms with Gasteiger partial charge in [-0.05, 0) is 31.2 Å². The molecule has 0 atom stereocenters. The molecule has 0 amide bonds. The third-order valence-corrected chi connectivity index (χ3v) is 2.62. The van der Waals surface area contributed by atoms with Gasteiger partial charge in [-0.15, -0.1) is 0 Å². The van der Waals surface area contributed by atoms with Crippen LogP contribution in [0.25, 0.3) is 11.2 Å². The quantitative estimate of drug-likeness (QED) is 0.754. The number of anilines is 1. The van der Waals surface area contributed by atoms with E-state index in [0.717, 1.165) is 5.75 Å². The highest BCUT2D eigenvalue weighted by atomic mass is 16.5. The van der Waals surface area contributed by atoms with Crippen LogP contribution in [0, 0.1) is 0 Å². The summed E-state index contributed by atoms with van der Waals surface area (Å²) in [5, 5.41) is 0. The van der Waals surface area contributed by atoms with Crippen molar-refractivity contribution in [2.45, 2.75) is 6.92 Å². The van der Waals surface area contributed by atoms with Crippen LogP contribution in [0.3, 0.4) is 0 Å². The molecule has 0 radical (unpaired) electrons. The van der Waals surface area contributed by atoms with Crippen molar-refractivity contribution in [3.8, 4) is 17.4 Å². The lowest BCUT2D eigenvalue weighted by atomic mass is 10.3. The molecule has 3 aromatic rings. The molecular formula is C13H13N5O2. The molecular weight excluding hydrogens is 258 g/mol. The minimum absolute atomic E-state index is 0.116. The molecule has 0 saturated heterocycles. The Bertz CT molecular complexity index is 723. The zero-order valence-electron chi connectivity index (χ0n) is 10.8. The van der Waals surface area contributed by atoms with Crippen LogP contribution in [-0.2, 0) is 0 Å². The molecule has 1 aromatic carbocycles. The van der Waals surface area contributed by atoms with E-state index in [0.29, 0.717) is 29.4 Å². The molecule has 0 aliphatic rings. The number of nitrogens with two attached hydrogens (primary N) is 1. The van der Waals surface area contributed by atoms with Crippen molar-refractivity contribution in [3.05, 3.63) is 30.6 Å². The number of nitrogen functional groups attached to an aromatic ring is 1. The Morgan fingerprint density at radius 1 is 1.15 bits per heavy atom. The largest absolute Gasteiger partial charge is 0.494 e. The summed E-state index contributed by atoms with van der Waals surface area (Å²) in [6.07, 6.45) is 1.52. The first-order valence-electron chi connectivity index (χ1n) is 6.13. The van der Waals surface area contributed by atoms with Gasteiger partial charge in [0.2, 0.25) is 5.95 Å². The van der Waals surface area contributed by atoms with E-state index in [9.17, 15) is 0 Å². The first kappa shape index (κ1) is 12.2. The minimum Gasteiger partial charge on any atom is -0.494 e. The molecule has 20 heavy (non-hydrogen) atoms. The van der Waals surface area contributed by atoms with Gasteiger partial charge in [0.05, 0.1) is 12.9 Å². The average molecular weight is 271 g/mol. The number of nitrogens with one attached hydrogen (secondary N) is 1. The van der Waals surface area contributed by atoms with E-state index >= 15 is 0 Å². The lowest BCUT2D eigenvalue weighted by Gasteiger charge is -2.07. The van der Waals surface area contributed by atoms with E-state index in [1.165, 1.54) is 6.33 Å². The molecule has 0 spiro atoms. The molecule has 102 valence electrons. The number of nitrogens with zero attached hydrogens (tertiary/aromatic N) is 3. The number of hydrogen-bond donors (Lipinski definition) is 2. The third-order valence-electron chi connectivity index (χ3n) is 2.62. The molecule has 2 aromatic heterocycles. The van der Waals surface area contributed by atoms with Gasteiger partial charge in [-0.2, -0.15) is 9.97 Å². The second-order valence-corrected chi connectivity index (χ2v) is 3.99. The fourth-order valence-corrected chi connectivity index (χ4v) is 1.78. The smallest absolute Gasteiger partial charge is 0.250 e. The number of imidazole rings is 1. The van der Waals surface area contributed by atoms with E-state index in [2.05, 4.69) is 19.9 Å². The van der Waals surface area contributed by atoms with Gasteiger partial charge in [0.15, 0.2) is 5.65 Å². The maximum Gasteiger partial charge on any atom is 0.250 e. The molecule has 7 nitrogen and oxygen atoms in total. The highest BCUT2D eigenvalue weighted by Crippen LogP contribution is 2.27. The van der Waals surface area contributed by atoms with Crippen LogP contribution >= 0.6 is 0 Å². The number of rotatable bonds is 4. The number of ether oxygens (including phenoxy) is 2. The van der Waals surface area contributed by atoms with Gasteiger partial charge in [0.25, 0.3) is 5.88 Å². The van der Waals surface area contributed by atoms with Gasteiger partial charge in [-0.25, -0.2) is 4.98 Å². The van der Waals surface area contributed by atoms with Gasteiger partial charge in [0.1, 0.15) is 17.0 Å². The average Bonchev–Trinajstić information content (AvgIpc) is 2.89. The Hall–Kier alpha value is -2.83. The minimum atomic E-state index is 0.116. The van der Waals surface area contributed by atoms with Crippen LogP contribution in [-0.4, -0.2) is 26.5 Å². The number of H-pyrrole nitrogens is 1. The molecule has 0 bridgehead atoms. The Morgan fingerprint density at radius 2 is 1.90 bits per heavy atom. The van der Waals surface area contributed by atoms with Crippen LogP contribution in [0.1, 0.15) is 6.92 Å². The number of hydrogen-bond acceptors (Lipinski definition) is 6. The summed E-state index contributed by atoms with van der Waals surface area (Å²) in [5.74, 6) is 1.87. The highest BCUT2D eigenvalue weighted by molar-refractivity contribution is 5.77. The summed E-state index contributed by atoms with van der Waals surface area (Å²) < 4.78 is 11.1. The Kier molecular flexibility index (Phi) is 3.08. The van der Waals surface area contributed by atoms with Crippen LogP contribution in [0.5, 0.6) is 17.4 Å². The van der Waals surface area contributed by atoms with Crippen molar-refractivity contribution in [2.24, 2.45) is 0 Å². The molecule has 7 heteroatoms. The van der Waals surface area contributed by atoms with Crippen molar-refractivity contribution in [1.29, 1.82) is 0 Å².